The van der Waals surface area contributed by atoms with Gasteiger partial charge in [0.15, 0.2) is 0 Å². The molecule has 1 amide bonds. The molecule has 4 heteroatoms. The van der Waals surface area contributed by atoms with Crippen LogP contribution in [-0.2, 0) is 6.54 Å². The van der Waals surface area contributed by atoms with Crippen molar-refractivity contribution in [2.24, 2.45) is 0 Å². The van der Waals surface area contributed by atoms with Crippen LogP contribution in [0.2, 0.25) is 0 Å². The van der Waals surface area contributed by atoms with Gasteiger partial charge in [0, 0.05) is 28.7 Å². The Balaban J connectivity index is 2.01. The number of nitrogens with one attached hydrogen (secondary N) is 1. The van der Waals surface area contributed by atoms with Crippen LogP contribution in [0.25, 0.3) is 0 Å². The zero-order valence-corrected chi connectivity index (χ0v) is 10.7. The van der Waals surface area contributed by atoms with Gasteiger partial charge in [-0.3, -0.25) is 9.78 Å². The number of aryl methyl sites for hydroxylation is 2. The fourth-order valence-corrected chi connectivity index (χ4v) is 2.56. The molecule has 2 rings (SSSR count). The number of carbonyl (C=O) groups excluding carboxylic acids is 1. The van der Waals surface area contributed by atoms with Gasteiger partial charge in [-0.15, -0.1) is 11.3 Å². The summed E-state index contributed by atoms with van der Waals surface area (Å²) in [5, 5.41) is 2.91. The first-order valence-corrected chi connectivity index (χ1v) is 6.22. The Labute approximate surface area is 105 Å². The van der Waals surface area contributed by atoms with Crippen LogP contribution in [0.4, 0.5) is 0 Å². The fraction of sp³-hybridized carbons (Fsp3) is 0.231. The number of nitrogens with zero attached hydrogens (tertiary/aromatic N) is 1. The van der Waals surface area contributed by atoms with Crippen molar-refractivity contribution < 1.29 is 4.79 Å². The van der Waals surface area contributed by atoms with Gasteiger partial charge in [0.2, 0.25) is 0 Å². The second kappa shape index (κ2) is 5.10. The van der Waals surface area contributed by atoms with Gasteiger partial charge in [-0.05, 0) is 37.6 Å². The van der Waals surface area contributed by atoms with E-state index in [1.807, 2.05) is 32.0 Å². The van der Waals surface area contributed by atoms with Crippen molar-refractivity contribution in [3.63, 3.8) is 0 Å². The van der Waals surface area contributed by atoms with Crippen LogP contribution >= 0.6 is 11.3 Å². The molecule has 0 saturated heterocycles. The maximum absolute atomic E-state index is 11.9. The van der Waals surface area contributed by atoms with Crippen molar-refractivity contribution in [1.29, 1.82) is 0 Å². The summed E-state index contributed by atoms with van der Waals surface area (Å²) >= 11 is 1.65. The van der Waals surface area contributed by atoms with Crippen molar-refractivity contribution in [2.45, 2.75) is 20.4 Å². The van der Waals surface area contributed by atoms with Crippen molar-refractivity contribution >= 4 is 17.2 Å². The van der Waals surface area contributed by atoms with Crippen molar-refractivity contribution in [1.82, 2.24) is 10.3 Å². The van der Waals surface area contributed by atoms with E-state index >= 15 is 0 Å². The highest BCUT2D eigenvalue weighted by Gasteiger charge is 2.11. The van der Waals surface area contributed by atoms with Crippen LogP contribution in [-0.4, -0.2) is 10.9 Å². The number of thiophene rings is 1. The van der Waals surface area contributed by atoms with Crippen LogP contribution in [0.5, 0.6) is 0 Å². The summed E-state index contributed by atoms with van der Waals surface area (Å²) < 4.78 is 0. The first-order chi connectivity index (χ1) is 8.16. The van der Waals surface area contributed by atoms with E-state index in [2.05, 4.69) is 10.3 Å². The molecule has 2 heterocycles. The summed E-state index contributed by atoms with van der Waals surface area (Å²) in [7, 11) is 0. The lowest BCUT2D eigenvalue weighted by atomic mass is 10.2. The summed E-state index contributed by atoms with van der Waals surface area (Å²) in [6.07, 6.45) is 3.45. The van der Waals surface area contributed by atoms with Crippen LogP contribution in [0.1, 0.15) is 25.7 Å². The van der Waals surface area contributed by atoms with Gasteiger partial charge in [0.25, 0.3) is 5.91 Å². The maximum atomic E-state index is 11.9. The second-order valence-electron chi connectivity index (χ2n) is 3.87. The first kappa shape index (κ1) is 11.8. The molecule has 2 aromatic rings. The molecule has 0 saturated carbocycles. The largest absolute Gasteiger partial charge is 0.348 e. The Morgan fingerprint density at radius 1 is 1.35 bits per heavy atom. The Morgan fingerprint density at radius 2 is 2.06 bits per heavy atom. The number of pyridine rings is 1. The van der Waals surface area contributed by atoms with E-state index in [-0.39, 0.29) is 5.91 Å². The molecule has 0 aliphatic rings. The van der Waals surface area contributed by atoms with Crippen LogP contribution in [0, 0.1) is 13.8 Å². The average Bonchev–Trinajstić information content (AvgIpc) is 2.67. The lowest BCUT2D eigenvalue weighted by Crippen LogP contribution is -2.22. The first-order valence-electron chi connectivity index (χ1n) is 5.41. The second-order valence-corrected chi connectivity index (χ2v) is 5.33. The summed E-state index contributed by atoms with van der Waals surface area (Å²) in [6.45, 7) is 4.52. The van der Waals surface area contributed by atoms with Gasteiger partial charge in [-0.2, -0.15) is 0 Å². The summed E-state index contributed by atoms with van der Waals surface area (Å²) in [5.74, 6) is -0.0105. The lowest BCUT2D eigenvalue weighted by molar-refractivity contribution is 0.0951. The van der Waals surface area contributed by atoms with Gasteiger partial charge in [0.05, 0.1) is 5.56 Å². The number of rotatable bonds is 3. The molecule has 1 N–H and O–H groups in total. The quantitative estimate of drug-likeness (QED) is 0.904. The Bertz CT molecular complexity index is 519. The van der Waals surface area contributed by atoms with E-state index in [4.69, 9.17) is 0 Å². The molecule has 0 aliphatic heterocycles. The predicted octanol–water partition coefficient (Wildman–Crippen LogP) is 2.69. The molecule has 0 aliphatic carbocycles. The Morgan fingerprint density at radius 3 is 2.65 bits per heavy atom. The smallest absolute Gasteiger partial charge is 0.252 e. The van der Waals surface area contributed by atoms with Crippen LogP contribution < -0.4 is 5.32 Å². The number of hydrogen-bond donors (Lipinski definition) is 1. The van der Waals surface area contributed by atoms with E-state index in [1.54, 1.807) is 23.7 Å². The minimum absolute atomic E-state index is 0.0105. The molecule has 0 radical (unpaired) electrons. The third kappa shape index (κ3) is 2.91. The molecule has 17 heavy (non-hydrogen) atoms. The summed E-state index contributed by atoms with van der Waals surface area (Å²) in [5.41, 5.74) is 1.83. The van der Waals surface area contributed by atoms with E-state index in [0.29, 0.717) is 6.54 Å². The number of hydrogen-bond acceptors (Lipinski definition) is 3. The maximum Gasteiger partial charge on any atom is 0.252 e. The highest BCUT2D eigenvalue weighted by molar-refractivity contribution is 7.12. The highest BCUT2D eigenvalue weighted by atomic mass is 32.1. The molecule has 2 aromatic heterocycles. The summed E-state index contributed by atoms with van der Waals surface area (Å²) in [6, 6.07) is 5.72. The van der Waals surface area contributed by atoms with Gasteiger partial charge >= 0.3 is 0 Å². The lowest BCUT2D eigenvalue weighted by Gasteiger charge is -2.04. The molecule has 0 fully saturated rings. The Hall–Kier alpha value is -1.68. The number of amides is 1. The van der Waals surface area contributed by atoms with Crippen molar-refractivity contribution in [2.75, 3.05) is 0 Å². The number of carbonyl (C=O) groups is 1. The molecule has 3 nitrogen and oxygen atoms in total. The fourth-order valence-electron chi connectivity index (χ4n) is 1.63. The van der Waals surface area contributed by atoms with Gasteiger partial charge in [-0.1, -0.05) is 0 Å². The third-order valence-electron chi connectivity index (χ3n) is 2.49. The normalized spacial score (nSPS) is 10.2. The van der Waals surface area contributed by atoms with Gasteiger partial charge in [-0.25, -0.2) is 0 Å². The minimum atomic E-state index is -0.0105. The molecule has 0 spiro atoms. The molecular weight excluding hydrogens is 232 g/mol. The number of aromatic nitrogens is 1. The van der Waals surface area contributed by atoms with Crippen molar-refractivity contribution in [3.05, 3.63) is 51.5 Å². The summed E-state index contributed by atoms with van der Waals surface area (Å²) in [4.78, 5) is 18.1. The highest BCUT2D eigenvalue weighted by Crippen LogP contribution is 2.20. The standard InChI is InChI=1S/C13H14N2OS/c1-9-7-12(10(2)17-9)13(16)15-8-11-3-5-14-6-4-11/h3-7H,8H2,1-2H3,(H,15,16). The zero-order chi connectivity index (χ0) is 12.3. The minimum Gasteiger partial charge on any atom is -0.348 e. The molecule has 0 unspecified atom stereocenters. The van der Waals surface area contributed by atoms with Crippen molar-refractivity contribution in [3.8, 4) is 0 Å². The topological polar surface area (TPSA) is 42.0 Å². The van der Waals surface area contributed by atoms with E-state index in [0.717, 1.165) is 20.9 Å². The van der Waals surface area contributed by atoms with E-state index in [1.165, 1.54) is 0 Å². The Kier molecular flexibility index (Phi) is 3.54. The van der Waals surface area contributed by atoms with Crippen LogP contribution in [0.3, 0.4) is 0 Å². The average molecular weight is 246 g/mol. The van der Waals surface area contributed by atoms with Gasteiger partial charge in [0.1, 0.15) is 0 Å². The van der Waals surface area contributed by atoms with E-state index < -0.39 is 0 Å². The van der Waals surface area contributed by atoms with Crippen LogP contribution in [0.15, 0.2) is 30.6 Å². The third-order valence-corrected chi connectivity index (χ3v) is 3.45. The monoisotopic (exact) mass is 246 g/mol. The predicted molar refractivity (Wildman–Crippen MR) is 69.2 cm³/mol. The van der Waals surface area contributed by atoms with Gasteiger partial charge < -0.3 is 5.32 Å². The zero-order valence-electron chi connectivity index (χ0n) is 9.86. The molecule has 88 valence electrons. The van der Waals surface area contributed by atoms with E-state index in [9.17, 15) is 4.79 Å². The molecule has 0 bridgehead atoms. The molecule has 0 atom stereocenters. The molecule has 0 aromatic carbocycles. The SMILES string of the molecule is Cc1cc(C(=O)NCc2ccncc2)c(C)s1. The molecular formula is C13H14N2OS.